The number of nitrogens with one attached hydrogen (secondary N) is 2. The lowest BCUT2D eigenvalue weighted by atomic mass is 10.0. The summed E-state index contributed by atoms with van der Waals surface area (Å²) in [5.41, 5.74) is 9.67. The summed E-state index contributed by atoms with van der Waals surface area (Å²) < 4.78 is 3.75. The van der Waals surface area contributed by atoms with Gasteiger partial charge < -0.3 is 0 Å². The second-order valence-corrected chi connectivity index (χ2v) is 8.74. The fourth-order valence-electron chi connectivity index (χ4n) is 3.20. The average Bonchev–Trinajstić information content (AvgIpc) is 2.83. The molecule has 0 fully saturated rings. The van der Waals surface area contributed by atoms with E-state index in [1.807, 2.05) is 48.5 Å². The zero-order valence-electron chi connectivity index (χ0n) is 19.3. The second-order valence-electron chi connectivity index (χ2n) is 7.70. The summed E-state index contributed by atoms with van der Waals surface area (Å²) in [7, 11) is 0. The summed E-state index contributed by atoms with van der Waals surface area (Å²) in [6, 6.07) is 15.3. The molecular weight excluding hydrogens is 477 g/mol. The Labute approximate surface area is 212 Å². The van der Waals surface area contributed by atoms with Crippen molar-refractivity contribution in [2.24, 2.45) is 14.7 Å². The van der Waals surface area contributed by atoms with Gasteiger partial charge in [-0.25, -0.2) is 10.9 Å². The van der Waals surface area contributed by atoms with E-state index in [0.29, 0.717) is 10.0 Å². The van der Waals surface area contributed by atoms with Gasteiger partial charge in [-0.2, -0.15) is 10.2 Å². The third kappa shape index (κ3) is 10.2. The number of benzene rings is 2. The summed E-state index contributed by atoms with van der Waals surface area (Å²) in [5, 5.41) is 10.5. The maximum absolute atomic E-state index is 6.04. The third-order valence-corrected chi connectivity index (χ3v) is 5.74. The topological polar surface area (TPSA) is 61.1 Å². The quantitative estimate of drug-likeness (QED) is 0.132. The highest BCUT2D eigenvalue weighted by atomic mass is 35.5. The van der Waals surface area contributed by atoms with E-state index in [1.54, 1.807) is 0 Å². The molecule has 0 aromatic heterocycles. The SMILES string of the molecule is CCCCC/C(=N\NC(=NCl)N/N=C(\CCCCC)c1ccc(Cl)cc1)c1ccc(Cl)cc1. The Bertz CT molecular complexity index is 849. The number of hydrogen-bond donors (Lipinski definition) is 2. The molecule has 0 aliphatic heterocycles. The van der Waals surface area contributed by atoms with Crippen LogP contribution in [0, 0.1) is 0 Å². The first-order chi connectivity index (χ1) is 16.1. The predicted octanol–water partition coefficient (Wildman–Crippen LogP) is 7.95. The number of unbranched alkanes of at least 4 members (excludes halogenated alkanes) is 4. The zero-order chi connectivity index (χ0) is 23.9. The van der Waals surface area contributed by atoms with E-state index in [1.165, 1.54) is 0 Å². The largest absolute Gasteiger partial charge is 0.250 e. The Balaban J connectivity index is 2.15. The first kappa shape index (κ1) is 27.2. The minimum atomic E-state index is 0.251. The van der Waals surface area contributed by atoms with E-state index in [2.05, 4.69) is 39.4 Å². The molecule has 0 atom stereocenters. The molecule has 2 aromatic rings. The molecule has 0 aliphatic rings. The summed E-state index contributed by atoms with van der Waals surface area (Å²) >= 11 is 17.9. The fourth-order valence-corrected chi connectivity index (χ4v) is 3.53. The molecule has 33 heavy (non-hydrogen) atoms. The van der Waals surface area contributed by atoms with Crippen LogP contribution in [0.5, 0.6) is 0 Å². The Morgan fingerprint density at radius 1 is 0.667 bits per heavy atom. The van der Waals surface area contributed by atoms with Crippen molar-refractivity contribution in [1.29, 1.82) is 0 Å². The fraction of sp³-hybridized carbons (Fsp3) is 0.400. The molecule has 0 bridgehead atoms. The van der Waals surface area contributed by atoms with Gasteiger partial charge in [0.2, 0.25) is 5.96 Å². The molecular formula is C25H32Cl3N5. The summed E-state index contributed by atoms with van der Waals surface area (Å²) in [4.78, 5) is 0. The number of guanidine groups is 1. The van der Waals surface area contributed by atoms with Crippen molar-refractivity contribution in [3.05, 3.63) is 69.7 Å². The molecule has 2 N–H and O–H groups in total. The van der Waals surface area contributed by atoms with Crippen LogP contribution in [0.1, 0.15) is 76.3 Å². The van der Waals surface area contributed by atoms with Crippen LogP contribution in [-0.2, 0) is 0 Å². The van der Waals surface area contributed by atoms with Crippen molar-refractivity contribution in [1.82, 2.24) is 10.9 Å². The second kappa shape index (κ2) is 15.7. The van der Waals surface area contributed by atoms with Crippen LogP contribution in [0.15, 0.2) is 63.2 Å². The first-order valence-electron chi connectivity index (χ1n) is 11.4. The van der Waals surface area contributed by atoms with Gasteiger partial charge in [0.1, 0.15) is 0 Å². The smallest absolute Gasteiger partial charge is 0.245 e. The van der Waals surface area contributed by atoms with Crippen LogP contribution in [0.2, 0.25) is 10.0 Å². The van der Waals surface area contributed by atoms with E-state index < -0.39 is 0 Å². The number of hydrazone groups is 2. The maximum atomic E-state index is 6.04. The lowest BCUT2D eigenvalue weighted by Gasteiger charge is -2.11. The van der Waals surface area contributed by atoms with E-state index >= 15 is 0 Å². The summed E-state index contributed by atoms with van der Waals surface area (Å²) in [6.07, 6.45) is 8.27. The molecule has 0 saturated heterocycles. The van der Waals surface area contributed by atoms with E-state index in [-0.39, 0.29) is 5.96 Å². The molecule has 0 radical (unpaired) electrons. The number of hydrogen-bond acceptors (Lipinski definition) is 3. The van der Waals surface area contributed by atoms with Crippen molar-refractivity contribution in [3.8, 4) is 0 Å². The van der Waals surface area contributed by atoms with Gasteiger partial charge in [0.15, 0.2) is 0 Å². The molecule has 2 rings (SSSR count). The van der Waals surface area contributed by atoms with Gasteiger partial charge in [0.05, 0.1) is 11.4 Å². The standard InChI is InChI=1S/C25H32Cl3N5/c1-3-5-7-9-23(19-11-15-21(26)16-12-19)30-32-25(29-28)33-31-24(10-8-6-4-2)20-13-17-22(27)18-14-20/h11-18H,3-10H2,1-2H3,(H2,29,32,33)/b30-23+,31-24+. The molecule has 178 valence electrons. The van der Waals surface area contributed by atoms with Gasteiger partial charge in [-0.3, -0.25) is 0 Å². The van der Waals surface area contributed by atoms with Crippen LogP contribution in [-0.4, -0.2) is 17.4 Å². The zero-order valence-corrected chi connectivity index (χ0v) is 21.5. The van der Waals surface area contributed by atoms with Crippen LogP contribution in [0.25, 0.3) is 0 Å². The van der Waals surface area contributed by atoms with E-state index in [0.717, 1.165) is 73.9 Å². The van der Waals surface area contributed by atoms with Crippen LogP contribution in [0.4, 0.5) is 0 Å². The van der Waals surface area contributed by atoms with Gasteiger partial charge in [-0.15, -0.1) is 4.51 Å². The summed E-state index contributed by atoms with van der Waals surface area (Å²) in [5.74, 6) is 0.251. The monoisotopic (exact) mass is 507 g/mol. The Morgan fingerprint density at radius 2 is 1.06 bits per heavy atom. The molecule has 8 heteroatoms. The molecule has 5 nitrogen and oxygen atoms in total. The van der Waals surface area contributed by atoms with Gasteiger partial charge in [0, 0.05) is 21.8 Å². The molecule has 0 unspecified atom stereocenters. The molecule has 0 amide bonds. The van der Waals surface area contributed by atoms with Gasteiger partial charge in [0.25, 0.3) is 0 Å². The average molecular weight is 509 g/mol. The van der Waals surface area contributed by atoms with Gasteiger partial charge in [-0.1, -0.05) is 87.0 Å². The highest BCUT2D eigenvalue weighted by Crippen LogP contribution is 2.15. The van der Waals surface area contributed by atoms with Gasteiger partial charge >= 0.3 is 0 Å². The predicted molar refractivity (Wildman–Crippen MR) is 144 cm³/mol. The molecule has 0 heterocycles. The Kier molecular flexibility index (Phi) is 12.9. The lowest BCUT2D eigenvalue weighted by Crippen LogP contribution is -2.32. The lowest BCUT2D eigenvalue weighted by molar-refractivity contribution is 0.737. The highest BCUT2D eigenvalue weighted by Gasteiger charge is 2.07. The Morgan fingerprint density at radius 3 is 1.39 bits per heavy atom. The van der Waals surface area contributed by atoms with Crippen molar-refractivity contribution >= 4 is 52.4 Å². The highest BCUT2D eigenvalue weighted by molar-refractivity contribution is 6.31. The molecule has 2 aromatic carbocycles. The van der Waals surface area contributed by atoms with Gasteiger partial charge in [-0.05, 0) is 61.1 Å². The molecule has 0 saturated carbocycles. The van der Waals surface area contributed by atoms with Crippen LogP contribution < -0.4 is 10.9 Å². The minimum absolute atomic E-state index is 0.251. The van der Waals surface area contributed by atoms with E-state index in [4.69, 9.17) is 35.0 Å². The number of halogens is 3. The molecule has 0 spiro atoms. The van der Waals surface area contributed by atoms with Crippen molar-refractivity contribution in [2.45, 2.75) is 65.2 Å². The minimum Gasteiger partial charge on any atom is -0.245 e. The van der Waals surface area contributed by atoms with Crippen molar-refractivity contribution < 1.29 is 0 Å². The summed E-state index contributed by atoms with van der Waals surface area (Å²) in [6.45, 7) is 4.35. The van der Waals surface area contributed by atoms with Crippen molar-refractivity contribution in [3.63, 3.8) is 0 Å². The number of rotatable bonds is 12. The van der Waals surface area contributed by atoms with Crippen molar-refractivity contribution in [2.75, 3.05) is 0 Å². The normalized spacial score (nSPS) is 11.9. The van der Waals surface area contributed by atoms with Crippen LogP contribution in [0.3, 0.4) is 0 Å². The van der Waals surface area contributed by atoms with Crippen LogP contribution >= 0.6 is 35.0 Å². The number of nitrogens with zero attached hydrogens (tertiary/aromatic N) is 3. The molecule has 0 aliphatic carbocycles. The maximum Gasteiger partial charge on any atom is 0.250 e. The third-order valence-electron chi connectivity index (χ3n) is 5.07. The Hall–Kier alpha value is -2.08. The first-order valence-corrected chi connectivity index (χ1v) is 12.5. The van der Waals surface area contributed by atoms with E-state index in [9.17, 15) is 0 Å².